The van der Waals surface area contributed by atoms with Crippen molar-refractivity contribution in [3.8, 4) is 0 Å². The molecule has 5 atom stereocenters. The second kappa shape index (κ2) is 16.1. The van der Waals surface area contributed by atoms with E-state index in [1.54, 1.807) is 24.3 Å². The number of halogens is 4. The van der Waals surface area contributed by atoms with Crippen LogP contribution in [0.2, 0.25) is 0 Å². The zero-order valence-electron chi connectivity index (χ0n) is 30.5. The number of benzene rings is 2. The third-order valence-corrected chi connectivity index (χ3v) is 10.9. The monoisotopic (exact) mass is 725 g/mol. The largest absolute Gasteiger partial charge is 0.418 e. The van der Waals surface area contributed by atoms with Crippen molar-refractivity contribution >= 4 is 22.7 Å². The van der Waals surface area contributed by atoms with Crippen molar-refractivity contribution in [2.24, 2.45) is 11.8 Å². The van der Waals surface area contributed by atoms with Crippen LogP contribution in [0.5, 0.6) is 0 Å². The highest BCUT2D eigenvalue weighted by Gasteiger charge is 2.46. The fourth-order valence-corrected chi connectivity index (χ4v) is 7.41. The van der Waals surface area contributed by atoms with Gasteiger partial charge < -0.3 is 30.6 Å². The number of nitrogens with one attached hydrogen (secondary N) is 4. The average Bonchev–Trinajstić information content (AvgIpc) is 3.50. The summed E-state index contributed by atoms with van der Waals surface area (Å²) in [5.74, 6) is -1.32. The quantitative estimate of drug-likeness (QED) is 0.137. The molecule has 2 aromatic carbocycles. The van der Waals surface area contributed by atoms with Crippen LogP contribution >= 0.6 is 0 Å². The van der Waals surface area contributed by atoms with Crippen molar-refractivity contribution in [3.05, 3.63) is 95.2 Å². The van der Waals surface area contributed by atoms with Crippen LogP contribution in [0.3, 0.4) is 0 Å². The molecule has 0 saturated carbocycles. The van der Waals surface area contributed by atoms with Gasteiger partial charge in [0.1, 0.15) is 11.4 Å². The van der Waals surface area contributed by atoms with Gasteiger partial charge in [0.05, 0.1) is 42.8 Å². The predicted molar refractivity (Wildman–Crippen MR) is 195 cm³/mol. The summed E-state index contributed by atoms with van der Waals surface area (Å²) in [7, 11) is 0. The molecule has 4 N–H and O–H groups in total. The number of carbonyl (C=O) groups is 2. The fourth-order valence-electron chi connectivity index (χ4n) is 7.41. The van der Waals surface area contributed by atoms with Gasteiger partial charge in [-0.25, -0.2) is 4.39 Å². The fraction of sp³-hybridized carbons (Fsp3) is 0.500. The van der Waals surface area contributed by atoms with E-state index in [4.69, 9.17) is 4.74 Å². The number of nitrogens with zero attached hydrogens (tertiary/aromatic N) is 1. The Labute approximate surface area is 303 Å². The maximum absolute atomic E-state index is 14.9. The van der Waals surface area contributed by atoms with Crippen molar-refractivity contribution in [1.82, 2.24) is 25.8 Å². The van der Waals surface area contributed by atoms with Crippen LogP contribution in [0, 0.1) is 17.7 Å². The van der Waals surface area contributed by atoms with Crippen molar-refractivity contribution in [2.45, 2.75) is 90.0 Å². The first kappa shape index (κ1) is 38.9. The zero-order chi connectivity index (χ0) is 37.8. The second-order valence-electron chi connectivity index (χ2n) is 14.3. The molecule has 5 rings (SSSR count). The summed E-state index contributed by atoms with van der Waals surface area (Å²) < 4.78 is 62.3. The molecule has 0 bridgehead atoms. The minimum absolute atomic E-state index is 0.00824. The molecule has 8 nitrogen and oxygen atoms in total. The summed E-state index contributed by atoms with van der Waals surface area (Å²) >= 11 is 0. The van der Waals surface area contributed by atoms with E-state index in [2.05, 4.69) is 45.9 Å². The molecule has 1 aromatic heterocycles. The Morgan fingerprint density at radius 3 is 2.31 bits per heavy atom. The van der Waals surface area contributed by atoms with E-state index < -0.39 is 41.1 Å². The zero-order valence-corrected chi connectivity index (χ0v) is 30.5. The van der Waals surface area contributed by atoms with Gasteiger partial charge >= 0.3 is 6.18 Å². The lowest BCUT2D eigenvalue weighted by Crippen LogP contribution is -2.64. The third kappa shape index (κ3) is 8.32. The maximum Gasteiger partial charge on any atom is 0.418 e. The number of aromatic amines is 1. The topological polar surface area (TPSA) is 98.5 Å². The Balaban J connectivity index is 1.51. The molecule has 1 saturated heterocycles. The van der Waals surface area contributed by atoms with Crippen LogP contribution < -0.4 is 16.0 Å². The third-order valence-electron chi connectivity index (χ3n) is 10.9. The van der Waals surface area contributed by atoms with Gasteiger partial charge in [-0.15, -0.1) is 0 Å². The van der Waals surface area contributed by atoms with E-state index in [9.17, 15) is 27.2 Å². The molecule has 2 unspecified atom stereocenters. The second-order valence-corrected chi connectivity index (χ2v) is 14.3. The first-order chi connectivity index (χ1) is 24.7. The van der Waals surface area contributed by atoms with E-state index >= 15 is 0 Å². The number of alkyl halides is 3. The minimum Gasteiger partial charge on any atom is -0.378 e. The number of rotatable bonds is 14. The standard InChI is InChI=1S/C40H51F4N5O3/c1-7-24(3)35(46-34(50)22-28-12-9-10-15-32(28)41)26(5)48-39(38(51)47-36(25(4)8-2)27(6)49-18-20-52-21-19-49)17-16-33-30(23-39)29-13-11-14-31(37(29)45-33)40(42,43)44/h9-15,24-25,35-36,45,48H,5-8,16-23H2,1-4H3,(H,46,50)(H,47,51)/t24?,25?,35-,36-,39+/m0/s1. The first-order valence-electron chi connectivity index (χ1n) is 18.2. The number of amides is 2. The van der Waals surface area contributed by atoms with Gasteiger partial charge in [-0.05, 0) is 47.9 Å². The van der Waals surface area contributed by atoms with Gasteiger partial charge in [0, 0.05) is 42.0 Å². The number of hydrogen-bond acceptors (Lipinski definition) is 5. The number of aromatic nitrogens is 1. The molecule has 1 aliphatic heterocycles. The SMILES string of the molecule is C=C(N[C@]1(C(=O)N[C@H](C(=C)N2CCOCC2)C(C)CC)CCc2[nH]c3c(C(F)(F)F)cccc3c2C1)[C@@H](NC(=O)Cc1ccccc1F)C(C)CC. The molecule has 3 aromatic rings. The average molecular weight is 726 g/mol. The highest BCUT2D eigenvalue weighted by atomic mass is 19.4. The summed E-state index contributed by atoms with van der Waals surface area (Å²) in [4.78, 5) is 33.4. The molecule has 12 heteroatoms. The van der Waals surface area contributed by atoms with Crippen LogP contribution in [0.4, 0.5) is 17.6 Å². The predicted octanol–water partition coefficient (Wildman–Crippen LogP) is 6.81. The normalized spacial score (nSPS) is 20.0. The Kier molecular flexibility index (Phi) is 12.1. The number of ether oxygens (including phenoxy) is 1. The molecule has 282 valence electrons. The number of para-hydroxylation sites is 1. The maximum atomic E-state index is 14.9. The Bertz CT molecular complexity index is 1780. The highest BCUT2D eigenvalue weighted by molar-refractivity contribution is 5.92. The lowest BCUT2D eigenvalue weighted by atomic mass is 9.77. The summed E-state index contributed by atoms with van der Waals surface area (Å²) in [6.45, 7) is 19.2. The molecule has 1 aliphatic carbocycles. The summed E-state index contributed by atoms with van der Waals surface area (Å²) in [6.07, 6.45) is -2.72. The smallest absolute Gasteiger partial charge is 0.378 e. The van der Waals surface area contributed by atoms with Crippen LogP contribution in [0.25, 0.3) is 10.9 Å². The number of carbonyl (C=O) groups excluding carboxylic acids is 2. The van der Waals surface area contributed by atoms with E-state index in [1.807, 2.05) is 20.8 Å². The Morgan fingerprint density at radius 2 is 1.65 bits per heavy atom. The molecule has 2 heterocycles. The number of hydrogen-bond donors (Lipinski definition) is 4. The van der Waals surface area contributed by atoms with E-state index in [1.165, 1.54) is 12.1 Å². The van der Waals surface area contributed by atoms with Crippen molar-refractivity contribution in [1.29, 1.82) is 0 Å². The van der Waals surface area contributed by atoms with Crippen LogP contribution in [0.15, 0.2) is 67.0 Å². The number of fused-ring (bicyclic) bond motifs is 3. The summed E-state index contributed by atoms with van der Waals surface area (Å²) in [5.41, 5.74) is 0.576. The van der Waals surface area contributed by atoms with Crippen molar-refractivity contribution in [2.75, 3.05) is 26.3 Å². The lowest BCUT2D eigenvalue weighted by molar-refractivity contribution is -0.136. The molecule has 0 radical (unpaired) electrons. The molecular weight excluding hydrogens is 674 g/mol. The molecule has 1 fully saturated rings. The number of H-pyrrole nitrogens is 1. The molecule has 2 aliphatic rings. The van der Waals surface area contributed by atoms with Gasteiger partial charge in [0.15, 0.2) is 0 Å². The summed E-state index contributed by atoms with van der Waals surface area (Å²) in [6, 6.07) is 9.12. The number of aryl methyl sites for hydroxylation is 1. The van der Waals surface area contributed by atoms with Gasteiger partial charge in [-0.1, -0.05) is 84.0 Å². The van der Waals surface area contributed by atoms with Crippen molar-refractivity contribution in [3.63, 3.8) is 0 Å². The molecule has 2 amide bonds. The Hall–Kier alpha value is -4.32. The van der Waals surface area contributed by atoms with E-state index in [0.717, 1.165) is 18.2 Å². The molecule has 0 spiro atoms. The van der Waals surface area contributed by atoms with Gasteiger partial charge in [0.25, 0.3) is 0 Å². The first-order valence-corrected chi connectivity index (χ1v) is 18.2. The minimum atomic E-state index is -4.57. The van der Waals surface area contributed by atoms with Gasteiger partial charge in [0.2, 0.25) is 11.8 Å². The van der Waals surface area contributed by atoms with Crippen molar-refractivity contribution < 1.29 is 31.9 Å². The van der Waals surface area contributed by atoms with E-state index in [0.29, 0.717) is 61.5 Å². The molecule has 52 heavy (non-hydrogen) atoms. The van der Waals surface area contributed by atoms with Crippen LogP contribution in [0.1, 0.15) is 69.3 Å². The number of morpholine rings is 1. The van der Waals surface area contributed by atoms with Gasteiger partial charge in [-0.3, -0.25) is 9.59 Å². The highest BCUT2D eigenvalue weighted by Crippen LogP contribution is 2.40. The molecular formula is C40H51F4N5O3. The van der Waals surface area contributed by atoms with Crippen LogP contribution in [-0.2, 0) is 39.8 Å². The summed E-state index contributed by atoms with van der Waals surface area (Å²) in [5, 5.41) is 10.2. The Morgan fingerprint density at radius 1 is 0.981 bits per heavy atom. The van der Waals surface area contributed by atoms with Crippen LogP contribution in [-0.4, -0.2) is 65.6 Å². The lowest BCUT2D eigenvalue weighted by Gasteiger charge is -2.43. The van der Waals surface area contributed by atoms with E-state index in [-0.39, 0.29) is 48.1 Å². The van der Waals surface area contributed by atoms with Gasteiger partial charge in [-0.2, -0.15) is 13.2 Å².